The van der Waals surface area contributed by atoms with Crippen molar-refractivity contribution >= 4 is 5.97 Å². The fourth-order valence-electron chi connectivity index (χ4n) is 2.61. The molecular formula is C22H30NO3+. The van der Waals surface area contributed by atoms with Crippen molar-refractivity contribution in [2.45, 2.75) is 32.7 Å². The molecule has 0 fully saturated rings. The minimum absolute atomic E-state index is 0.0629. The molecule has 26 heavy (non-hydrogen) atoms. The first kappa shape index (κ1) is 20.0. The predicted octanol–water partition coefficient (Wildman–Crippen LogP) is 2.62. The Hall–Kier alpha value is -2.33. The maximum atomic E-state index is 11.8. The van der Waals surface area contributed by atoms with Gasteiger partial charge in [-0.25, -0.2) is 4.79 Å². The number of hydrogen-bond acceptors (Lipinski definition) is 3. The molecule has 1 atom stereocenters. The predicted molar refractivity (Wildman–Crippen MR) is 103 cm³/mol. The van der Waals surface area contributed by atoms with Gasteiger partial charge in [0.25, 0.3) is 0 Å². The molecular weight excluding hydrogens is 326 g/mol. The van der Waals surface area contributed by atoms with Crippen LogP contribution in [0.25, 0.3) is 0 Å². The van der Waals surface area contributed by atoms with Crippen LogP contribution in [0.3, 0.4) is 0 Å². The SMILES string of the molecule is C[NH+](CCOC(=O)COc1ccc(C(C)(C)C)cc1)Cc1ccccc1. The summed E-state index contributed by atoms with van der Waals surface area (Å²) in [6.07, 6.45) is 0. The summed E-state index contributed by atoms with van der Waals surface area (Å²) in [5, 5.41) is 0. The van der Waals surface area contributed by atoms with E-state index in [1.54, 1.807) is 0 Å². The van der Waals surface area contributed by atoms with Gasteiger partial charge in [0.05, 0.1) is 7.05 Å². The monoisotopic (exact) mass is 356 g/mol. The van der Waals surface area contributed by atoms with E-state index >= 15 is 0 Å². The minimum atomic E-state index is -0.336. The van der Waals surface area contributed by atoms with Crippen LogP contribution in [0.2, 0.25) is 0 Å². The van der Waals surface area contributed by atoms with E-state index < -0.39 is 0 Å². The van der Waals surface area contributed by atoms with Crippen molar-refractivity contribution in [3.05, 3.63) is 65.7 Å². The molecule has 0 aliphatic heterocycles. The van der Waals surface area contributed by atoms with Crippen LogP contribution in [0, 0.1) is 0 Å². The van der Waals surface area contributed by atoms with Gasteiger partial charge < -0.3 is 14.4 Å². The van der Waals surface area contributed by atoms with E-state index in [9.17, 15) is 4.79 Å². The van der Waals surface area contributed by atoms with Gasteiger partial charge in [-0.2, -0.15) is 0 Å². The summed E-state index contributed by atoms with van der Waals surface area (Å²) < 4.78 is 10.8. The number of hydrogen-bond donors (Lipinski definition) is 1. The lowest BCUT2D eigenvalue weighted by Gasteiger charge is -2.19. The average Bonchev–Trinajstić information content (AvgIpc) is 2.60. The quantitative estimate of drug-likeness (QED) is 0.739. The summed E-state index contributed by atoms with van der Waals surface area (Å²) in [7, 11) is 2.09. The van der Waals surface area contributed by atoms with Gasteiger partial charge in [0.2, 0.25) is 0 Å². The van der Waals surface area contributed by atoms with Crippen molar-refractivity contribution in [2.24, 2.45) is 0 Å². The summed E-state index contributed by atoms with van der Waals surface area (Å²) >= 11 is 0. The molecule has 140 valence electrons. The molecule has 1 unspecified atom stereocenters. The molecule has 0 bridgehead atoms. The van der Waals surface area contributed by atoms with E-state index in [-0.39, 0.29) is 18.0 Å². The van der Waals surface area contributed by atoms with Gasteiger partial charge in [0.15, 0.2) is 6.61 Å². The molecule has 0 heterocycles. The smallest absolute Gasteiger partial charge is 0.344 e. The van der Waals surface area contributed by atoms with Gasteiger partial charge >= 0.3 is 5.97 Å². The average molecular weight is 356 g/mol. The van der Waals surface area contributed by atoms with E-state index in [0.29, 0.717) is 12.4 Å². The van der Waals surface area contributed by atoms with Crippen molar-refractivity contribution in [3.63, 3.8) is 0 Å². The highest BCUT2D eigenvalue weighted by molar-refractivity contribution is 5.71. The Balaban J connectivity index is 1.66. The maximum absolute atomic E-state index is 11.8. The third-order valence-corrected chi connectivity index (χ3v) is 4.22. The Bertz CT molecular complexity index is 675. The molecule has 0 aliphatic rings. The molecule has 0 amide bonds. The third kappa shape index (κ3) is 6.89. The van der Waals surface area contributed by atoms with Crippen molar-refractivity contribution < 1.29 is 19.2 Å². The van der Waals surface area contributed by atoms with Gasteiger partial charge in [0.1, 0.15) is 25.4 Å². The summed E-state index contributed by atoms with van der Waals surface area (Å²) in [6.45, 7) is 8.50. The molecule has 2 aromatic rings. The zero-order valence-corrected chi connectivity index (χ0v) is 16.2. The van der Waals surface area contributed by atoms with Crippen LogP contribution in [0.5, 0.6) is 5.75 Å². The summed E-state index contributed by atoms with van der Waals surface area (Å²) in [5.74, 6) is 0.346. The number of benzene rings is 2. The lowest BCUT2D eigenvalue weighted by molar-refractivity contribution is -0.893. The first-order chi connectivity index (χ1) is 12.3. The molecule has 4 nitrogen and oxygen atoms in total. The van der Waals surface area contributed by atoms with Gasteiger partial charge in [-0.3, -0.25) is 0 Å². The van der Waals surface area contributed by atoms with Crippen LogP contribution in [-0.2, 0) is 21.5 Å². The van der Waals surface area contributed by atoms with Gasteiger partial charge in [-0.15, -0.1) is 0 Å². The highest BCUT2D eigenvalue weighted by atomic mass is 16.6. The number of likely N-dealkylation sites (N-methyl/N-ethyl adjacent to an activating group) is 1. The molecule has 0 saturated heterocycles. The fourth-order valence-corrected chi connectivity index (χ4v) is 2.61. The minimum Gasteiger partial charge on any atom is -0.482 e. The Kier molecular flexibility index (Phi) is 7.22. The highest BCUT2D eigenvalue weighted by Gasteiger charge is 2.13. The summed E-state index contributed by atoms with van der Waals surface area (Å²) in [6, 6.07) is 18.1. The van der Waals surface area contributed by atoms with Gasteiger partial charge in [0, 0.05) is 5.56 Å². The number of esters is 1. The summed E-state index contributed by atoms with van der Waals surface area (Å²) in [4.78, 5) is 13.1. The zero-order chi connectivity index (χ0) is 19.0. The molecule has 0 saturated carbocycles. The molecule has 2 rings (SSSR count). The number of rotatable bonds is 8. The van der Waals surface area contributed by atoms with Gasteiger partial charge in [-0.05, 0) is 23.1 Å². The van der Waals surface area contributed by atoms with Crippen LogP contribution >= 0.6 is 0 Å². The van der Waals surface area contributed by atoms with E-state index in [2.05, 4.69) is 40.0 Å². The molecule has 0 aliphatic carbocycles. The lowest BCUT2D eigenvalue weighted by Crippen LogP contribution is -3.08. The van der Waals surface area contributed by atoms with Crippen LogP contribution < -0.4 is 9.64 Å². The first-order valence-electron chi connectivity index (χ1n) is 9.09. The Morgan fingerprint density at radius 2 is 1.65 bits per heavy atom. The van der Waals surface area contributed by atoms with Crippen LogP contribution in [0.15, 0.2) is 54.6 Å². The normalized spacial score (nSPS) is 12.5. The Labute approximate surface area is 156 Å². The van der Waals surface area contributed by atoms with Gasteiger partial charge in [-0.1, -0.05) is 63.2 Å². The van der Waals surface area contributed by atoms with Crippen LogP contribution in [-0.4, -0.2) is 32.8 Å². The topological polar surface area (TPSA) is 40.0 Å². The highest BCUT2D eigenvalue weighted by Crippen LogP contribution is 2.24. The molecule has 0 spiro atoms. The standard InChI is InChI=1S/C22H29NO3/c1-22(2,3)19-10-12-20(13-11-19)26-17-21(24)25-15-14-23(4)16-18-8-6-5-7-9-18/h5-13H,14-17H2,1-4H3/p+1. The number of quaternary nitrogens is 1. The fraction of sp³-hybridized carbons (Fsp3) is 0.409. The molecule has 0 aromatic heterocycles. The van der Waals surface area contributed by atoms with Crippen LogP contribution in [0.1, 0.15) is 31.9 Å². The van der Waals surface area contributed by atoms with Crippen LogP contribution in [0.4, 0.5) is 0 Å². The molecule has 0 radical (unpaired) electrons. The van der Waals surface area contributed by atoms with Crippen molar-refractivity contribution in [2.75, 3.05) is 26.8 Å². The van der Waals surface area contributed by atoms with E-state index in [4.69, 9.17) is 9.47 Å². The first-order valence-corrected chi connectivity index (χ1v) is 9.09. The third-order valence-electron chi connectivity index (χ3n) is 4.22. The second kappa shape index (κ2) is 9.39. The van der Waals surface area contributed by atoms with E-state index in [0.717, 1.165) is 13.1 Å². The lowest BCUT2D eigenvalue weighted by atomic mass is 9.87. The largest absolute Gasteiger partial charge is 0.482 e. The second-order valence-electron chi connectivity index (χ2n) is 7.65. The van der Waals surface area contributed by atoms with Crippen molar-refractivity contribution in [1.29, 1.82) is 0 Å². The molecule has 1 N–H and O–H groups in total. The Morgan fingerprint density at radius 1 is 1.00 bits per heavy atom. The number of carbonyl (C=O) groups is 1. The Morgan fingerprint density at radius 3 is 2.27 bits per heavy atom. The maximum Gasteiger partial charge on any atom is 0.344 e. The zero-order valence-electron chi connectivity index (χ0n) is 16.2. The summed E-state index contributed by atoms with van der Waals surface area (Å²) in [5.41, 5.74) is 2.61. The van der Waals surface area contributed by atoms with E-state index in [1.165, 1.54) is 16.0 Å². The second-order valence-corrected chi connectivity index (χ2v) is 7.65. The number of nitrogens with one attached hydrogen (secondary N) is 1. The molecule has 2 aromatic carbocycles. The van der Waals surface area contributed by atoms with Crippen molar-refractivity contribution in [3.8, 4) is 5.75 Å². The van der Waals surface area contributed by atoms with E-state index in [1.807, 2.05) is 42.5 Å². The molecule has 4 heteroatoms. The number of carbonyl (C=O) groups excluding carboxylic acids is 1. The number of ether oxygens (including phenoxy) is 2. The van der Waals surface area contributed by atoms with Crippen molar-refractivity contribution in [1.82, 2.24) is 0 Å².